The Morgan fingerprint density at radius 1 is 1.38 bits per heavy atom. The van der Waals surface area contributed by atoms with Gasteiger partial charge in [0.2, 0.25) is 0 Å². The van der Waals surface area contributed by atoms with Crippen LogP contribution >= 0.6 is 22.9 Å². The molecule has 1 amide bonds. The topological polar surface area (TPSA) is 87.7 Å². The standard InChI is InChI=1S/C15H13ClN6OS/c16-13-7-17-14(24-13)10-2-4-22(8-10)15(23)12-5-11(20-21-12)9-1-3-18-19-6-9/h1,3,5-7,10H,2,4,8H2,(H,20,21). The van der Waals surface area contributed by atoms with Crippen molar-refractivity contribution in [3.05, 3.63) is 45.8 Å². The number of rotatable bonds is 3. The van der Waals surface area contributed by atoms with Gasteiger partial charge in [0.25, 0.3) is 5.91 Å². The van der Waals surface area contributed by atoms with Crippen LogP contribution in [0.3, 0.4) is 0 Å². The maximum atomic E-state index is 12.7. The number of nitrogens with zero attached hydrogens (tertiary/aromatic N) is 5. The molecule has 24 heavy (non-hydrogen) atoms. The third-order valence-electron chi connectivity index (χ3n) is 4.01. The van der Waals surface area contributed by atoms with E-state index in [2.05, 4.69) is 25.4 Å². The molecule has 3 aromatic heterocycles. The first kappa shape index (κ1) is 15.2. The van der Waals surface area contributed by atoms with E-state index in [0.29, 0.717) is 28.8 Å². The molecule has 0 aromatic carbocycles. The lowest BCUT2D eigenvalue weighted by Crippen LogP contribution is -2.28. The van der Waals surface area contributed by atoms with Crippen LogP contribution in [0, 0.1) is 0 Å². The van der Waals surface area contributed by atoms with Crippen molar-refractivity contribution >= 4 is 28.8 Å². The number of amides is 1. The molecule has 0 bridgehead atoms. The second kappa shape index (κ2) is 6.29. The molecule has 1 atom stereocenters. The number of halogens is 1. The summed E-state index contributed by atoms with van der Waals surface area (Å²) in [5.74, 6) is 0.194. The number of hydrogen-bond donors (Lipinski definition) is 1. The number of carbonyl (C=O) groups is 1. The van der Waals surface area contributed by atoms with Gasteiger partial charge in [0.15, 0.2) is 0 Å². The van der Waals surface area contributed by atoms with E-state index in [9.17, 15) is 4.79 Å². The fourth-order valence-corrected chi connectivity index (χ4v) is 3.85. The van der Waals surface area contributed by atoms with Gasteiger partial charge < -0.3 is 4.90 Å². The third-order valence-corrected chi connectivity index (χ3v) is 5.29. The Morgan fingerprint density at radius 2 is 2.29 bits per heavy atom. The molecule has 1 fully saturated rings. The number of H-pyrrole nitrogens is 1. The molecule has 0 radical (unpaired) electrons. The van der Waals surface area contributed by atoms with Gasteiger partial charge in [-0.25, -0.2) is 4.98 Å². The van der Waals surface area contributed by atoms with Crippen LogP contribution in [-0.4, -0.2) is 49.3 Å². The van der Waals surface area contributed by atoms with Gasteiger partial charge in [0, 0.05) is 24.6 Å². The zero-order valence-electron chi connectivity index (χ0n) is 12.5. The number of aromatic amines is 1. The summed E-state index contributed by atoms with van der Waals surface area (Å²) >= 11 is 7.43. The molecule has 0 spiro atoms. The Balaban J connectivity index is 1.48. The zero-order valence-corrected chi connectivity index (χ0v) is 14.1. The maximum absolute atomic E-state index is 12.7. The summed E-state index contributed by atoms with van der Waals surface area (Å²) in [5.41, 5.74) is 1.97. The molecule has 1 aliphatic rings. The van der Waals surface area contributed by atoms with Crippen molar-refractivity contribution < 1.29 is 4.79 Å². The summed E-state index contributed by atoms with van der Waals surface area (Å²) in [6.07, 6.45) is 5.76. The van der Waals surface area contributed by atoms with Crippen molar-refractivity contribution in [2.24, 2.45) is 0 Å². The van der Waals surface area contributed by atoms with Gasteiger partial charge in [-0.05, 0) is 18.6 Å². The predicted octanol–water partition coefficient (Wildman–Crippen LogP) is 2.61. The lowest BCUT2D eigenvalue weighted by Gasteiger charge is -2.14. The molecular weight excluding hydrogens is 348 g/mol. The van der Waals surface area contributed by atoms with Crippen LogP contribution in [-0.2, 0) is 0 Å². The van der Waals surface area contributed by atoms with Crippen molar-refractivity contribution in [3.63, 3.8) is 0 Å². The largest absolute Gasteiger partial charge is 0.337 e. The Kier molecular flexibility index (Phi) is 3.99. The van der Waals surface area contributed by atoms with Crippen LogP contribution in [0.15, 0.2) is 30.7 Å². The van der Waals surface area contributed by atoms with E-state index >= 15 is 0 Å². The molecular formula is C15H13ClN6OS. The summed E-state index contributed by atoms with van der Waals surface area (Å²) < 4.78 is 0.680. The molecule has 3 aromatic rings. The number of hydrogen-bond acceptors (Lipinski definition) is 6. The average molecular weight is 361 g/mol. The molecule has 4 rings (SSSR count). The molecule has 4 heterocycles. The van der Waals surface area contributed by atoms with Gasteiger partial charge in [0.05, 0.1) is 29.3 Å². The fraction of sp³-hybridized carbons (Fsp3) is 0.267. The number of aromatic nitrogens is 5. The maximum Gasteiger partial charge on any atom is 0.271 e. The summed E-state index contributed by atoms with van der Waals surface area (Å²) in [4.78, 5) is 18.8. The van der Waals surface area contributed by atoms with Crippen LogP contribution in [0.2, 0.25) is 4.34 Å². The van der Waals surface area contributed by atoms with Crippen molar-refractivity contribution in [2.45, 2.75) is 12.3 Å². The van der Waals surface area contributed by atoms with Crippen LogP contribution in [0.5, 0.6) is 0 Å². The van der Waals surface area contributed by atoms with E-state index in [4.69, 9.17) is 11.6 Å². The number of likely N-dealkylation sites (tertiary alicyclic amines) is 1. The first-order chi connectivity index (χ1) is 11.7. The Labute approximate surface area is 146 Å². The van der Waals surface area contributed by atoms with E-state index in [-0.39, 0.29) is 11.8 Å². The van der Waals surface area contributed by atoms with Crippen molar-refractivity contribution in [3.8, 4) is 11.3 Å². The molecule has 1 unspecified atom stereocenters. The second-order valence-electron chi connectivity index (χ2n) is 5.54. The third kappa shape index (κ3) is 2.90. The minimum absolute atomic E-state index is 0.0547. The SMILES string of the molecule is O=C(c1cc(-c2ccnnc2)n[nH]1)N1CCC(c2ncc(Cl)s2)C1. The zero-order chi connectivity index (χ0) is 16.5. The number of nitrogens with one attached hydrogen (secondary N) is 1. The van der Waals surface area contributed by atoms with E-state index in [1.54, 1.807) is 30.7 Å². The Morgan fingerprint density at radius 3 is 3.04 bits per heavy atom. The Bertz CT molecular complexity index is 864. The first-order valence-electron chi connectivity index (χ1n) is 7.43. The Hall–Kier alpha value is -2.32. The van der Waals surface area contributed by atoms with Gasteiger partial charge in [-0.15, -0.1) is 11.3 Å². The highest BCUT2D eigenvalue weighted by atomic mass is 35.5. The fourth-order valence-electron chi connectivity index (χ4n) is 2.79. The average Bonchev–Trinajstić information content (AvgIpc) is 3.35. The second-order valence-corrected chi connectivity index (χ2v) is 7.23. The molecule has 9 heteroatoms. The van der Waals surface area contributed by atoms with E-state index < -0.39 is 0 Å². The van der Waals surface area contributed by atoms with E-state index in [1.165, 1.54) is 11.3 Å². The summed E-state index contributed by atoms with van der Waals surface area (Å²) in [6, 6.07) is 3.54. The summed E-state index contributed by atoms with van der Waals surface area (Å²) in [6.45, 7) is 1.35. The highest BCUT2D eigenvalue weighted by Crippen LogP contribution is 2.32. The lowest BCUT2D eigenvalue weighted by molar-refractivity contribution is 0.0785. The molecule has 122 valence electrons. The van der Waals surface area contributed by atoms with Crippen molar-refractivity contribution in [2.75, 3.05) is 13.1 Å². The first-order valence-corrected chi connectivity index (χ1v) is 8.63. The van der Waals surface area contributed by atoms with Crippen LogP contribution in [0.25, 0.3) is 11.3 Å². The molecule has 0 aliphatic carbocycles. The van der Waals surface area contributed by atoms with Gasteiger partial charge in [-0.2, -0.15) is 15.3 Å². The molecule has 1 saturated heterocycles. The lowest BCUT2D eigenvalue weighted by atomic mass is 10.1. The normalized spacial score (nSPS) is 17.4. The highest BCUT2D eigenvalue weighted by molar-refractivity contribution is 7.15. The number of thiazole rings is 1. The predicted molar refractivity (Wildman–Crippen MR) is 90.0 cm³/mol. The van der Waals surface area contributed by atoms with Crippen LogP contribution in [0.1, 0.15) is 27.8 Å². The quantitative estimate of drug-likeness (QED) is 0.775. The van der Waals surface area contributed by atoms with Crippen molar-refractivity contribution in [1.29, 1.82) is 0 Å². The van der Waals surface area contributed by atoms with Crippen molar-refractivity contribution in [1.82, 2.24) is 30.3 Å². The smallest absolute Gasteiger partial charge is 0.271 e. The van der Waals surface area contributed by atoms with Gasteiger partial charge in [0.1, 0.15) is 10.0 Å². The number of carbonyl (C=O) groups excluding carboxylic acids is 1. The monoisotopic (exact) mass is 360 g/mol. The van der Waals surface area contributed by atoms with Gasteiger partial charge in [-0.3, -0.25) is 9.89 Å². The highest BCUT2D eigenvalue weighted by Gasteiger charge is 2.30. The van der Waals surface area contributed by atoms with Crippen LogP contribution in [0.4, 0.5) is 0 Å². The molecule has 7 nitrogen and oxygen atoms in total. The van der Waals surface area contributed by atoms with E-state index in [0.717, 1.165) is 17.0 Å². The summed E-state index contributed by atoms with van der Waals surface area (Å²) in [7, 11) is 0. The van der Waals surface area contributed by atoms with Gasteiger partial charge >= 0.3 is 0 Å². The minimum Gasteiger partial charge on any atom is -0.337 e. The molecule has 1 N–H and O–H groups in total. The van der Waals surface area contributed by atoms with Crippen LogP contribution < -0.4 is 0 Å². The molecule has 0 saturated carbocycles. The van der Waals surface area contributed by atoms with Gasteiger partial charge in [-0.1, -0.05) is 11.6 Å². The van der Waals surface area contributed by atoms with E-state index in [1.807, 2.05) is 4.90 Å². The molecule has 1 aliphatic heterocycles. The minimum atomic E-state index is -0.0547. The summed E-state index contributed by atoms with van der Waals surface area (Å²) in [5, 5.41) is 15.6.